The number of hydrogen-bond acceptors (Lipinski definition) is 6. The minimum atomic E-state index is -1.11. The molecule has 0 saturated carbocycles. The van der Waals surface area contributed by atoms with E-state index in [1.165, 1.54) is 6.07 Å². The van der Waals surface area contributed by atoms with Crippen LogP contribution in [0.3, 0.4) is 0 Å². The number of carbonyl (C=O) groups is 2. The first-order chi connectivity index (χ1) is 14.9. The molecule has 1 amide bonds. The monoisotopic (exact) mass is 418 g/mol. The van der Waals surface area contributed by atoms with Crippen molar-refractivity contribution in [1.82, 2.24) is 15.1 Å². The number of aromatic carboxylic acids is 1. The van der Waals surface area contributed by atoms with Gasteiger partial charge in [0.05, 0.1) is 0 Å². The highest BCUT2D eigenvalue weighted by atomic mass is 16.4. The Morgan fingerprint density at radius 1 is 0.935 bits per heavy atom. The van der Waals surface area contributed by atoms with Crippen LogP contribution in [0.25, 0.3) is 11.1 Å². The lowest BCUT2D eigenvalue weighted by Gasteiger charge is -2.35. The summed E-state index contributed by atoms with van der Waals surface area (Å²) in [6, 6.07) is 15.7. The highest BCUT2D eigenvalue weighted by molar-refractivity contribution is 5.95. The van der Waals surface area contributed by atoms with E-state index >= 15 is 0 Å². The van der Waals surface area contributed by atoms with E-state index in [1.807, 2.05) is 36.1 Å². The number of aromatic nitrogens is 2. The zero-order valence-corrected chi connectivity index (χ0v) is 17.0. The van der Waals surface area contributed by atoms with Crippen molar-refractivity contribution in [1.29, 1.82) is 0 Å². The SMILES string of the molecule is Cc1cc(C(=O)N2CCN(c3ccc(C(=O)O)nn3)CC2)ccc1-c1cccc(O)c1. The number of phenols is 1. The number of phenolic OH excluding ortho intramolecular Hbond substituents is 1. The summed E-state index contributed by atoms with van der Waals surface area (Å²) in [5, 5.41) is 26.4. The third-order valence-corrected chi connectivity index (χ3v) is 5.39. The molecule has 1 aliphatic heterocycles. The average Bonchev–Trinajstić information content (AvgIpc) is 2.78. The van der Waals surface area contributed by atoms with Crippen LogP contribution in [-0.2, 0) is 0 Å². The Bertz CT molecular complexity index is 1120. The van der Waals surface area contributed by atoms with E-state index in [-0.39, 0.29) is 17.4 Å². The van der Waals surface area contributed by atoms with E-state index in [9.17, 15) is 14.7 Å². The van der Waals surface area contributed by atoms with Crippen molar-refractivity contribution in [3.63, 3.8) is 0 Å². The quantitative estimate of drug-likeness (QED) is 0.671. The summed E-state index contributed by atoms with van der Waals surface area (Å²) in [5.74, 6) is -0.335. The van der Waals surface area contributed by atoms with Crippen LogP contribution >= 0.6 is 0 Å². The first kappa shape index (κ1) is 20.3. The highest BCUT2D eigenvalue weighted by Crippen LogP contribution is 2.27. The molecule has 3 aromatic rings. The van der Waals surface area contributed by atoms with E-state index in [4.69, 9.17) is 5.11 Å². The summed E-state index contributed by atoms with van der Waals surface area (Å²) in [7, 11) is 0. The Labute approximate surface area is 179 Å². The zero-order chi connectivity index (χ0) is 22.0. The molecule has 1 aliphatic rings. The smallest absolute Gasteiger partial charge is 0.356 e. The number of anilines is 1. The fourth-order valence-corrected chi connectivity index (χ4v) is 3.72. The van der Waals surface area contributed by atoms with Crippen LogP contribution in [0.2, 0.25) is 0 Å². The predicted octanol–water partition coefficient (Wildman–Crippen LogP) is 2.82. The summed E-state index contributed by atoms with van der Waals surface area (Å²) < 4.78 is 0. The molecule has 2 heterocycles. The molecule has 1 saturated heterocycles. The topological polar surface area (TPSA) is 107 Å². The molecule has 2 N–H and O–H groups in total. The number of rotatable bonds is 4. The number of aromatic hydroxyl groups is 1. The fraction of sp³-hybridized carbons (Fsp3) is 0.217. The molecule has 0 bridgehead atoms. The molecular formula is C23H22N4O4. The van der Waals surface area contributed by atoms with Gasteiger partial charge >= 0.3 is 5.97 Å². The van der Waals surface area contributed by atoms with Crippen LogP contribution in [0.4, 0.5) is 5.82 Å². The fourth-order valence-electron chi connectivity index (χ4n) is 3.72. The van der Waals surface area contributed by atoms with Gasteiger partial charge in [0.1, 0.15) is 5.75 Å². The van der Waals surface area contributed by atoms with Gasteiger partial charge in [0.25, 0.3) is 5.91 Å². The summed E-state index contributed by atoms with van der Waals surface area (Å²) in [4.78, 5) is 27.7. The third kappa shape index (κ3) is 4.32. The van der Waals surface area contributed by atoms with Gasteiger partial charge < -0.3 is 20.0 Å². The number of hydrogen-bond donors (Lipinski definition) is 2. The molecule has 0 spiro atoms. The Hall–Kier alpha value is -3.94. The summed E-state index contributed by atoms with van der Waals surface area (Å²) >= 11 is 0. The van der Waals surface area contributed by atoms with Crippen molar-refractivity contribution in [2.75, 3.05) is 31.1 Å². The number of carboxylic acids is 1. The third-order valence-electron chi connectivity index (χ3n) is 5.39. The Morgan fingerprint density at radius 3 is 2.32 bits per heavy atom. The maximum atomic E-state index is 13.0. The Kier molecular flexibility index (Phi) is 5.53. The van der Waals surface area contributed by atoms with Crippen LogP contribution in [0, 0.1) is 6.92 Å². The molecule has 4 rings (SSSR count). The molecule has 1 aromatic heterocycles. The Morgan fingerprint density at radius 2 is 1.71 bits per heavy atom. The van der Waals surface area contributed by atoms with Crippen molar-refractivity contribution in [2.24, 2.45) is 0 Å². The minimum Gasteiger partial charge on any atom is -0.508 e. The molecule has 2 aromatic carbocycles. The highest BCUT2D eigenvalue weighted by Gasteiger charge is 2.23. The number of nitrogens with zero attached hydrogens (tertiary/aromatic N) is 4. The van der Waals surface area contributed by atoms with E-state index in [2.05, 4.69) is 10.2 Å². The second-order valence-corrected chi connectivity index (χ2v) is 7.44. The molecule has 0 atom stereocenters. The molecular weight excluding hydrogens is 396 g/mol. The van der Waals surface area contributed by atoms with Gasteiger partial charge in [0, 0.05) is 31.7 Å². The molecule has 158 valence electrons. The van der Waals surface area contributed by atoms with E-state index < -0.39 is 5.97 Å². The van der Waals surface area contributed by atoms with Crippen molar-refractivity contribution in [3.8, 4) is 16.9 Å². The van der Waals surface area contributed by atoms with Gasteiger partial charge in [-0.25, -0.2) is 4.79 Å². The summed E-state index contributed by atoms with van der Waals surface area (Å²) in [6.45, 7) is 4.21. The standard InChI is InChI=1S/C23H22N4O4/c1-15-13-17(5-6-19(15)16-3-2-4-18(28)14-16)22(29)27-11-9-26(10-12-27)21-8-7-20(23(30)31)24-25-21/h2-8,13-14,28H,9-12H2,1H3,(H,30,31). The minimum absolute atomic E-state index is 0.0301. The molecule has 8 nitrogen and oxygen atoms in total. The molecule has 8 heteroatoms. The van der Waals surface area contributed by atoms with Gasteiger partial charge in [0.2, 0.25) is 0 Å². The van der Waals surface area contributed by atoms with Crippen LogP contribution in [0.1, 0.15) is 26.4 Å². The van der Waals surface area contributed by atoms with Gasteiger partial charge in [-0.2, -0.15) is 0 Å². The molecule has 0 radical (unpaired) electrons. The predicted molar refractivity (Wildman–Crippen MR) is 115 cm³/mol. The lowest BCUT2D eigenvalue weighted by Crippen LogP contribution is -2.49. The second kappa shape index (κ2) is 8.43. The second-order valence-electron chi connectivity index (χ2n) is 7.44. The number of benzene rings is 2. The normalized spacial score (nSPS) is 13.8. The van der Waals surface area contributed by atoms with Gasteiger partial charge in [-0.15, -0.1) is 10.2 Å². The van der Waals surface area contributed by atoms with Gasteiger partial charge in [-0.3, -0.25) is 4.79 Å². The van der Waals surface area contributed by atoms with E-state index in [0.717, 1.165) is 16.7 Å². The van der Waals surface area contributed by atoms with Crippen LogP contribution < -0.4 is 4.90 Å². The van der Waals surface area contributed by atoms with Crippen molar-refractivity contribution in [2.45, 2.75) is 6.92 Å². The first-order valence-electron chi connectivity index (χ1n) is 9.93. The number of carboxylic acid groups (broad SMARTS) is 1. The molecule has 0 unspecified atom stereocenters. The van der Waals surface area contributed by atoms with Crippen molar-refractivity contribution >= 4 is 17.7 Å². The van der Waals surface area contributed by atoms with E-state index in [1.54, 1.807) is 29.2 Å². The van der Waals surface area contributed by atoms with Crippen molar-refractivity contribution < 1.29 is 19.8 Å². The summed E-state index contributed by atoms with van der Waals surface area (Å²) in [5.41, 5.74) is 3.37. The maximum absolute atomic E-state index is 13.0. The van der Waals surface area contributed by atoms with Crippen molar-refractivity contribution in [3.05, 3.63) is 71.4 Å². The Balaban J connectivity index is 1.42. The van der Waals surface area contributed by atoms with Crippen LogP contribution in [-0.4, -0.2) is 63.4 Å². The zero-order valence-electron chi connectivity index (χ0n) is 17.0. The number of amides is 1. The first-order valence-corrected chi connectivity index (χ1v) is 9.93. The van der Waals surface area contributed by atoms with Gasteiger partial charge in [0.15, 0.2) is 11.5 Å². The van der Waals surface area contributed by atoms with Gasteiger partial charge in [-0.1, -0.05) is 18.2 Å². The van der Waals surface area contributed by atoms with Gasteiger partial charge in [-0.05, 0) is 60.0 Å². The molecule has 31 heavy (non-hydrogen) atoms. The maximum Gasteiger partial charge on any atom is 0.356 e. The molecule has 1 fully saturated rings. The lowest BCUT2D eigenvalue weighted by molar-refractivity contribution is 0.0687. The molecule has 0 aliphatic carbocycles. The number of carbonyl (C=O) groups excluding carboxylic acids is 1. The van der Waals surface area contributed by atoms with E-state index in [0.29, 0.717) is 37.6 Å². The lowest BCUT2D eigenvalue weighted by atomic mass is 9.98. The summed E-state index contributed by atoms with van der Waals surface area (Å²) in [6.07, 6.45) is 0. The number of aryl methyl sites for hydroxylation is 1. The van der Waals surface area contributed by atoms with Crippen LogP contribution in [0.5, 0.6) is 5.75 Å². The largest absolute Gasteiger partial charge is 0.508 e. The number of piperazine rings is 1. The van der Waals surface area contributed by atoms with Crippen LogP contribution in [0.15, 0.2) is 54.6 Å². The average molecular weight is 418 g/mol.